The fourth-order valence-electron chi connectivity index (χ4n) is 6.27. The van der Waals surface area contributed by atoms with Crippen LogP contribution in [0.5, 0.6) is 0 Å². The summed E-state index contributed by atoms with van der Waals surface area (Å²) in [5.74, 6) is 0. The van der Waals surface area contributed by atoms with Gasteiger partial charge in [-0.2, -0.15) is 0 Å². The van der Waals surface area contributed by atoms with Gasteiger partial charge in [0, 0.05) is 80.3 Å². The minimum Gasteiger partial charge on any atom is -0.554 e. The van der Waals surface area contributed by atoms with E-state index in [9.17, 15) is 10.2 Å². The Balaban J connectivity index is -0.000000312. The fourth-order valence-corrected chi connectivity index (χ4v) is 6.27. The largest absolute Gasteiger partial charge is 0.554 e. The molecule has 2 heterocycles. The number of hydrogen-bond acceptors (Lipinski definition) is 20. The van der Waals surface area contributed by atoms with Gasteiger partial charge in [0.15, 0.2) is 12.6 Å². The zero-order chi connectivity index (χ0) is 50.7. The molecule has 0 amide bonds. The average Bonchev–Trinajstić information content (AvgIpc) is 3.36. The first-order chi connectivity index (χ1) is 33.8. The van der Waals surface area contributed by atoms with Crippen LogP contribution in [0.4, 0.5) is 0 Å². The van der Waals surface area contributed by atoms with Crippen LogP contribution in [0.3, 0.4) is 0 Å². The van der Waals surface area contributed by atoms with E-state index >= 15 is 0 Å². The third-order valence-corrected chi connectivity index (χ3v) is 10.1. The Morgan fingerprint density at radius 1 is 0.479 bits per heavy atom. The van der Waals surface area contributed by atoms with Crippen molar-refractivity contribution in [1.82, 2.24) is 0 Å². The van der Waals surface area contributed by atoms with E-state index in [0.29, 0.717) is 105 Å². The van der Waals surface area contributed by atoms with E-state index in [1.807, 2.05) is 0 Å². The Bertz CT molecular complexity index is 942. The molecule has 0 aliphatic carbocycles. The van der Waals surface area contributed by atoms with Gasteiger partial charge >= 0.3 is 0 Å². The summed E-state index contributed by atoms with van der Waals surface area (Å²) >= 11 is 0. The maximum atomic E-state index is 9.52. The van der Waals surface area contributed by atoms with Crippen molar-refractivity contribution < 1.29 is 95.5 Å². The number of aliphatic hydroxyl groups is 2. The second kappa shape index (κ2) is 58.1. The van der Waals surface area contributed by atoms with Crippen LogP contribution in [0.25, 0.3) is 0 Å². The Hall–Kier alpha value is -4.80. The zero-order valence-corrected chi connectivity index (χ0v) is 71.5. The summed E-state index contributed by atoms with van der Waals surface area (Å²) < 4.78 is 96.0. The molecule has 0 bridgehead atoms. The number of rotatable bonds is 46. The molecule has 2 aliphatic rings. The average molecular weight is 2070 g/mol. The molecule has 0 aromatic heterocycles. The molecule has 6 unspecified atom stereocenters. The molecule has 0 spiro atoms. The number of unbranched alkanes of at least 4 members (excludes halogenated alkanes) is 2. The molecule has 20 nitrogen and oxygen atoms in total. The molecule has 2 saturated heterocycles. The monoisotopic (exact) mass is 2070 g/mol. The number of methoxy groups -OCH3 is 2. The molecule has 2 aliphatic heterocycles. The molecule has 2 fully saturated rings. The zero-order valence-electron chi connectivity index (χ0n) is 45.9. The summed E-state index contributed by atoms with van der Waals surface area (Å²) in [5.41, 5.74) is -0.315. The molecule has 0 radical (unpaired) electrons. The Kier molecular flexibility index (Phi) is 61.4. The van der Waals surface area contributed by atoms with Crippen molar-refractivity contribution in [3.05, 3.63) is 28.4 Å². The maximum absolute atomic E-state index is 9.52. The molecule has 73 heavy (non-hydrogen) atoms. The first-order valence-corrected chi connectivity index (χ1v) is 24.7. The Labute approximate surface area is 416 Å². The van der Waals surface area contributed by atoms with Gasteiger partial charge in [-0.25, -0.2) is 28.4 Å². The minimum absolute atomic E-state index is 0. The van der Waals surface area contributed by atoms with Crippen molar-refractivity contribution in [2.75, 3.05) is 160 Å². The third kappa shape index (κ3) is 47.9. The van der Waals surface area contributed by atoms with Crippen molar-refractivity contribution >= 4 is 0 Å². The van der Waals surface area contributed by atoms with Gasteiger partial charge in [0.05, 0.1) is 83.7 Å². The summed E-state index contributed by atoms with van der Waals surface area (Å²) in [5, 5.41) is 19.0. The molecule has 2 N–H and O–H groups in total. The quantitative estimate of drug-likeness (QED) is 0.0442. The SMILES string of the molecule is [CH2-]OCC(CO[CH2-])(COCCCC)COCCCC.[CH2-]OCC(O)CCOCC(COCCOC1CCCCO1)OCOC.[CH2-]OCC(O)CCOCC(COCCOC1CCCCO1)OCOC.[Rf].[Rf].[Rf].[Rf]. The van der Waals surface area contributed by atoms with E-state index in [0.717, 1.165) is 90.6 Å². The molecule has 0 saturated carbocycles. The standard InChI is InChI=1S/2C17H33O8.C15H30O4.4Rf/c2*1-19-11-15(18)6-8-21-12-16(25-14-20-2)13-22-9-10-24-17-5-3-4-7-23-17;1-5-7-9-18-13-15(11-16-3,12-17-4)14-19-10-8-6-2;;;;/h2*15-18H,1,3-14H2,2H3;3-14H2,1-2H3;;;;/q2*-1;-2;;;;. The Morgan fingerprint density at radius 2 is 0.863 bits per heavy atom. The van der Waals surface area contributed by atoms with E-state index in [4.69, 9.17) is 75.8 Å². The summed E-state index contributed by atoms with van der Waals surface area (Å²) in [6, 6.07) is 0. The second-order valence-electron chi connectivity index (χ2n) is 16.7. The van der Waals surface area contributed by atoms with Crippen LogP contribution in [-0.2, 0) is 85.3 Å². The number of aliphatic hydroxyl groups excluding tert-OH is 2. The minimum atomic E-state index is -0.578. The van der Waals surface area contributed by atoms with Crippen molar-refractivity contribution in [2.45, 2.75) is 128 Å². The first-order valence-electron chi connectivity index (χ1n) is 24.7. The van der Waals surface area contributed by atoms with Crippen LogP contribution in [0, 0.1) is 33.9 Å². The molecule has 24 heteroatoms. The Morgan fingerprint density at radius 3 is 1.18 bits per heavy atom. The maximum Gasteiger partial charge on any atom is 0.157 e. The normalized spacial score (nSPS) is 17.2. The predicted molar refractivity (Wildman–Crippen MR) is 256 cm³/mol. The van der Waals surface area contributed by atoms with Crippen LogP contribution in [0.15, 0.2) is 0 Å². The number of hydrogen-bond donors (Lipinski definition) is 2. The van der Waals surface area contributed by atoms with Gasteiger partial charge in [-0.15, -0.1) is 0 Å². The fraction of sp³-hybridized carbons (Fsp3) is 0.918. The van der Waals surface area contributed by atoms with E-state index in [2.05, 4.69) is 51.8 Å². The van der Waals surface area contributed by atoms with E-state index in [1.165, 1.54) is 0 Å². The molecule has 0 aromatic rings. The summed E-state index contributed by atoms with van der Waals surface area (Å²) in [4.78, 5) is 0. The van der Waals surface area contributed by atoms with E-state index in [1.54, 1.807) is 14.2 Å². The molecule has 424 valence electrons. The number of ether oxygens (including phenoxy) is 18. The van der Waals surface area contributed by atoms with Crippen LogP contribution < -0.4 is 0 Å². The van der Waals surface area contributed by atoms with Crippen LogP contribution >= 0.6 is 0 Å². The first kappa shape index (κ1) is 77.1. The summed E-state index contributed by atoms with van der Waals surface area (Å²) in [6.45, 7) is 14.2. The third-order valence-electron chi connectivity index (χ3n) is 10.1. The van der Waals surface area contributed by atoms with Gasteiger partial charge in [-0.05, 0) is 64.2 Å². The molecular formula is C49H96O20Rf4-4. The van der Waals surface area contributed by atoms with Crippen molar-refractivity contribution in [3.63, 3.8) is 0 Å². The van der Waals surface area contributed by atoms with Gasteiger partial charge in [0.1, 0.15) is 25.8 Å². The van der Waals surface area contributed by atoms with Crippen LogP contribution in [0.2, 0.25) is 0 Å². The van der Waals surface area contributed by atoms with Gasteiger partial charge in [-0.1, -0.05) is 26.7 Å². The van der Waals surface area contributed by atoms with Gasteiger partial charge < -0.3 is 95.5 Å². The summed E-state index contributed by atoms with van der Waals surface area (Å²) in [6.07, 6.45) is 9.85. The second-order valence-corrected chi connectivity index (χ2v) is 16.7. The topological polar surface area (TPSA) is 207 Å². The van der Waals surface area contributed by atoms with Gasteiger partial charge in [-0.3, -0.25) is 0 Å². The van der Waals surface area contributed by atoms with E-state index in [-0.39, 0.29) is 57.0 Å². The molecular weight excluding hydrogens is 1980 g/mol. The predicted octanol–water partition coefficient (Wildman–Crippen LogP) is 5.44. The van der Waals surface area contributed by atoms with Gasteiger partial charge in [0.2, 0.25) is 0 Å². The molecule has 0 aromatic carbocycles. The van der Waals surface area contributed by atoms with Crippen molar-refractivity contribution in [2.24, 2.45) is 5.41 Å². The van der Waals surface area contributed by atoms with Crippen molar-refractivity contribution in [1.29, 1.82) is 0 Å². The smallest absolute Gasteiger partial charge is 0.157 e. The van der Waals surface area contributed by atoms with Gasteiger partial charge in [0.25, 0.3) is 0 Å². The summed E-state index contributed by atoms with van der Waals surface area (Å²) in [7, 11) is 16.5. The van der Waals surface area contributed by atoms with Crippen LogP contribution in [-0.4, -0.2) is 207 Å². The molecule has 6 atom stereocenters. The van der Waals surface area contributed by atoms with Crippen LogP contribution in [0.1, 0.15) is 90.9 Å². The van der Waals surface area contributed by atoms with Crippen molar-refractivity contribution in [3.8, 4) is 0 Å². The molecule has 2 rings (SSSR count). The van der Waals surface area contributed by atoms with E-state index < -0.39 is 12.2 Å².